The lowest BCUT2D eigenvalue weighted by Crippen LogP contribution is -2.25. The van der Waals surface area contributed by atoms with Crippen molar-refractivity contribution in [2.24, 2.45) is 10.2 Å². The molecule has 5 heteroatoms. The van der Waals surface area contributed by atoms with Crippen LogP contribution in [-0.4, -0.2) is 22.5 Å². The second kappa shape index (κ2) is 8.12. The summed E-state index contributed by atoms with van der Waals surface area (Å²) in [7, 11) is 0. The van der Waals surface area contributed by atoms with Gasteiger partial charge in [-0.3, -0.25) is 4.79 Å². The van der Waals surface area contributed by atoms with E-state index in [1.54, 1.807) is 6.21 Å². The summed E-state index contributed by atoms with van der Waals surface area (Å²) in [6.07, 6.45) is 2.37. The topological polar surface area (TPSA) is 53.8 Å². The van der Waals surface area contributed by atoms with Gasteiger partial charge in [0, 0.05) is 0 Å². The van der Waals surface area contributed by atoms with Gasteiger partial charge in [-0.1, -0.05) is 80.2 Å². The molecule has 1 aliphatic heterocycles. The molecule has 0 bridgehead atoms. The lowest BCUT2D eigenvalue weighted by molar-refractivity contribution is -0.118. The molecule has 0 saturated carbocycles. The number of carbonyl (C=O) groups excluding carboxylic acids is 1. The third kappa shape index (κ3) is 4.79. The van der Waals surface area contributed by atoms with Crippen molar-refractivity contribution in [2.75, 3.05) is 0 Å². The molecular formula is C20H21N3OS. The number of benzene rings is 2. The van der Waals surface area contributed by atoms with Gasteiger partial charge in [0.1, 0.15) is 0 Å². The van der Waals surface area contributed by atoms with Crippen LogP contribution in [-0.2, 0) is 11.2 Å². The number of nitrogens with zero attached hydrogens (tertiary/aromatic N) is 2. The zero-order valence-corrected chi connectivity index (χ0v) is 15.2. The van der Waals surface area contributed by atoms with Crippen LogP contribution in [0.5, 0.6) is 0 Å². The molecular weight excluding hydrogens is 330 g/mol. The third-order valence-electron chi connectivity index (χ3n) is 4.00. The van der Waals surface area contributed by atoms with Gasteiger partial charge in [-0.2, -0.15) is 5.10 Å². The molecule has 128 valence electrons. The summed E-state index contributed by atoms with van der Waals surface area (Å²) in [5.41, 5.74) is 3.44. The predicted octanol–water partition coefficient (Wildman–Crippen LogP) is 3.97. The zero-order chi connectivity index (χ0) is 17.6. The summed E-state index contributed by atoms with van der Waals surface area (Å²) in [5, 5.41) is 11.4. The highest BCUT2D eigenvalue weighted by atomic mass is 32.2. The Labute approximate surface area is 152 Å². The van der Waals surface area contributed by atoms with E-state index in [4.69, 9.17) is 0 Å². The number of carbonyl (C=O) groups is 1. The highest BCUT2D eigenvalue weighted by Gasteiger charge is 2.30. The number of nitrogens with one attached hydrogen (secondary N) is 1. The SMILES string of the molecule is CC(C)c1ccc(CC2S/C(=N/N=C/c3ccccc3)NC2=O)cc1. The predicted molar refractivity (Wildman–Crippen MR) is 105 cm³/mol. The largest absolute Gasteiger partial charge is 0.303 e. The van der Waals surface area contributed by atoms with E-state index in [9.17, 15) is 4.79 Å². The maximum absolute atomic E-state index is 12.1. The Balaban J connectivity index is 1.60. The second-order valence-corrected chi connectivity index (χ2v) is 7.45. The van der Waals surface area contributed by atoms with Gasteiger partial charge in [0.15, 0.2) is 5.17 Å². The summed E-state index contributed by atoms with van der Waals surface area (Å²) < 4.78 is 0. The van der Waals surface area contributed by atoms with Crippen molar-refractivity contribution in [2.45, 2.75) is 31.4 Å². The molecule has 1 aliphatic rings. The fourth-order valence-electron chi connectivity index (χ4n) is 2.53. The molecule has 0 aliphatic carbocycles. The Bertz CT molecular complexity index is 782. The van der Waals surface area contributed by atoms with Crippen LogP contribution in [0.3, 0.4) is 0 Å². The summed E-state index contributed by atoms with van der Waals surface area (Å²) in [6, 6.07) is 18.2. The molecule has 0 radical (unpaired) electrons. The summed E-state index contributed by atoms with van der Waals surface area (Å²) in [4.78, 5) is 12.1. The van der Waals surface area contributed by atoms with Gasteiger partial charge in [0.05, 0.1) is 11.5 Å². The molecule has 2 aromatic carbocycles. The zero-order valence-electron chi connectivity index (χ0n) is 14.3. The first-order valence-corrected chi connectivity index (χ1v) is 9.22. The first-order chi connectivity index (χ1) is 12.1. The van der Waals surface area contributed by atoms with Crippen molar-refractivity contribution in [3.8, 4) is 0 Å². The van der Waals surface area contributed by atoms with Crippen LogP contribution in [0.25, 0.3) is 0 Å². The maximum Gasteiger partial charge on any atom is 0.239 e. The Morgan fingerprint density at radius 3 is 2.52 bits per heavy atom. The number of thioether (sulfide) groups is 1. The Morgan fingerprint density at radius 1 is 1.12 bits per heavy atom. The second-order valence-electron chi connectivity index (χ2n) is 6.26. The number of hydrogen-bond acceptors (Lipinski definition) is 4. The van der Waals surface area contributed by atoms with Gasteiger partial charge in [0.25, 0.3) is 0 Å². The maximum atomic E-state index is 12.1. The minimum atomic E-state index is -0.157. The average Bonchev–Trinajstić information content (AvgIpc) is 2.96. The van der Waals surface area contributed by atoms with E-state index in [-0.39, 0.29) is 11.2 Å². The van der Waals surface area contributed by atoms with Gasteiger partial charge in [-0.25, -0.2) is 0 Å². The first-order valence-electron chi connectivity index (χ1n) is 8.34. The van der Waals surface area contributed by atoms with E-state index in [1.807, 2.05) is 30.3 Å². The van der Waals surface area contributed by atoms with E-state index in [2.05, 4.69) is 53.6 Å². The van der Waals surface area contributed by atoms with E-state index in [1.165, 1.54) is 17.3 Å². The van der Waals surface area contributed by atoms with Gasteiger partial charge in [0.2, 0.25) is 5.91 Å². The van der Waals surface area contributed by atoms with Crippen molar-refractivity contribution in [1.82, 2.24) is 5.32 Å². The number of amidine groups is 1. The van der Waals surface area contributed by atoms with Crippen LogP contribution >= 0.6 is 11.8 Å². The fraction of sp³-hybridized carbons (Fsp3) is 0.250. The molecule has 3 rings (SSSR count). The van der Waals surface area contributed by atoms with Crippen molar-refractivity contribution in [3.05, 3.63) is 71.3 Å². The number of hydrogen-bond donors (Lipinski definition) is 1. The lowest BCUT2D eigenvalue weighted by Gasteiger charge is -2.08. The fourth-order valence-corrected chi connectivity index (χ4v) is 3.49. The van der Waals surface area contributed by atoms with Crippen molar-refractivity contribution >= 4 is 29.1 Å². The normalized spacial score (nSPS) is 19.1. The smallest absolute Gasteiger partial charge is 0.239 e. The molecule has 1 unspecified atom stereocenters. The number of amides is 1. The molecule has 25 heavy (non-hydrogen) atoms. The molecule has 2 aromatic rings. The molecule has 4 nitrogen and oxygen atoms in total. The summed E-state index contributed by atoms with van der Waals surface area (Å²) in [5.74, 6) is 0.506. The van der Waals surface area contributed by atoms with Crippen molar-refractivity contribution < 1.29 is 4.79 Å². The molecule has 1 fully saturated rings. The van der Waals surface area contributed by atoms with Crippen LogP contribution in [0, 0.1) is 0 Å². The van der Waals surface area contributed by atoms with Crippen LogP contribution in [0.2, 0.25) is 0 Å². The van der Waals surface area contributed by atoms with Crippen molar-refractivity contribution in [3.63, 3.8) is 0 Å². The molecule has 1 atom stereocenters. The van der Waals surface area contributed by atoms with Crippen LogP contribution in [0.15, 0.2) is 64.8 Å². The molecule has 1 heterocycles. The Kier molecular flexibility index (Phi) is 5.66. The average molecular weight is 351 g/mol. The number of rotatable bonds is 5. The van der Waals surface area contributed by atoms with Crippen molar-refractivity contribution in [1.29, 1.82) is 0 Å². The lowest BCUT2D eigenvalue weighted by atomic mass is 10.0. The van der Waals surface area contributed by atoms with Gasteiger partial charge >= 0.3 is 0 Å². The van der Waals surface area contributed by atoms with E-state index >= 15 is 0 Å². The minimum absolute atomic E-state index is 0.00778. The van der Waals surface area contributed by atoms with Crippen LogP contribution in [0.1, 0.15) is 36.5 Å². The summed E-state index contributed by atoms with van der Waals surface area (Å²) in [6.45, 7) is 4.35. The van der Waals surface area contributed by atoms with Crippen LogP contribution in [0.4, 0.5) is 0 Å². The quantitative estimate of drug-likeness (QED) is 0.654. The monoisotopic (exact) mass is 351 g/mol. The Hall–Kier alpha value is -2.40. The minimum Gasteiger partial charge on any atom is -0.303 e. The highest BCUT2D eigenvalue weighted by molar-refractivity contribution is 8.15. The highest BCUT2D eigenvalue weighted by Crippen LogP contribution is 2.24. The molecule has 1 saturated heterocycles. The molecule has 0 aromatic heterocycles. The van der Waals surface area contributed by atoms with E-state index in [0.717, 1.165) is 11.1 Å². The van der Waals surface area contributed by atoms with Gasteiger partial charge in [-0.15, -0.1) is 5.10 Å². The Morgan fingerprint density at radius 2 is 1.84 bits per heavy atom. The first kappa shape index (κ1) is 17.4. The van der Waals surface area contributed by atoms with Gasteiger partial charge in [-0.05, 0) is 29.0 Å². The molecule has 1 N–H and O–H groups in total. The molecule has 1 amide bonds. The van der Waals surface area contributed by atoms with E-state index in [0.29, 0.717) is 17.5 Å². The standard InChI is InChI=1S/C20H21N3OS/c1-14(2)17-10-8-15(9-11-17)12-18-19(24)22-20(25-18)23-21-13-16-6-4-3-5-7-16/h3-11,13-14,18H,12H2,1-2H3,(H,22,23,24)/b21-13+. The van der Waals surface area contributed by atoms with Crippen LogP contribution < -0.4 is 5.32 Å². The van der Waals surface area contributed by atoms with Gasteiger partial charge < -0.3 is 5.32 Å². The summed E-state index contributed by atoms with van der Waals surface area (Å²) >= 11 is 1.43. The molecule has 0 spiro atoms. The third-order valence-corrected chi connectivity index (χ3v) is 5.07. The van der Waals surface area contributed by atoms with E-state index < -0.39 is 0 Å².